The summed E-state index contributed by atoms with van der Waals surface area (Å²) in [6.45, 7) is 3.92. The van der Waals surface area contributed by atoms with Crippen LogP contribution in [-0.2, 0) is 0 Å². The first-order valence-electron chi connectivity index (χ1n) is 6.88. The lowest BCUT2D eigenvalue weighted by Crippen LogP contribution is -2.35. The Hall–Kier alpha value is -0.940. The van der Waals surface area contributed by atoms with Gasteiger partial charge in [-0.1, -0.05) is 12.8 Å². The maximum absolute atomic E-state index is 12.0. The molecule has 0 aliphatic carbocycles. The van der Waals surface area contributed by atoms with Crippen LogP contribution in [0.25, 0.3) is 0 Å². The minimum atomic E-state index is -0.109. The maximum Gasteiger partial charge on any atom is 0.271 e. The number of rotatable bonds is 4. The van der Waals surface area contributed by atoms with E-state index in [-0.39, 0.29) is 5.91 Å². The highest BCUT2D eigenvalue weighted by Crippen LogP contribution is 2.13. The molecule has 0 unspecified atom stereocenters. The number of amides is 1. The van der Waals surface area contributed by atoms with E-state index in [9.17, 15) is 4.79 Å². The third-order valence-corrected chi connectivity index (χ3v) is 4.03. The molecule has 2 rings (SSSR count). The molecule has 1 fully saturated rings. The van der Waals surface area contributed by atoms with Crippen LogP contribution < -0.4 is 5.32 Å². The van der Waals surface area contributed by atoms with Crippen LogP contribution in [0, 0.1) is 0 Å². The lowest BCUT2D eigenvalue weighted by molar-refractivity contribution is 0.0942. The second-order valence-corrected chi connectivity index (χ2v) is 5.70. The van der Waals surface area contributed by atoms with E-state index in [0.29, 0.717) is 12.2 Å². The molecule has 1 aliphatic rings. The number of carbonyl (C=O) groups excluding carboxylic acids is 1. The highest BCUT2D eigenvalue weighted by Gasteiger charge is 2.12. The lowest BCUT2D eigenvalue weighted by Gasteiger charge is -2.19. The van der Waals surface area contributed by atoms with E-state index in [1.54, 1.807) is 12.3 Å². The van der Waals surface area contributed by atoms with Crippen molar-refractivity contribution in [3.8, 4) is 0 Å². The van der Waals surface area contributed by atoms with Gasteiger partial charge in [-0.3, -0.25) is 4.79 Å². The molecule has 1 N–H and O–H groups in total. The molecule has 0 spiro atoms. The molecular formula is C14H20BrN3O. The molecule has 1 aromatic rings. The molecule has 2 heterocycles. The summed E-state index contributed by atoms with van der Waals surface area (Å²) in [5.74, 6) is -0.109. The first-order chi connectivity index (χ1) is 9.27. The summed E-state index contributed by atoms with van der Waals surface area (Å²) in [7, 11) is 0. The van der Waals surface area contributed by atoms with Crippen molar-refractivity contribution in [2.24, 2.45) is 0 Å². The van der Waals surface area contributed by atoms with Crippen molar-refractivity contribution in [1.82, 2.24) is 15.2 Å². The van der Waals surface area contributed by atoms with Gasteiger partial charge in [-0.25, -0.2) is 4.98 Å². The molecule has 1 amide bonds. The summed E-state index contributed by atoms with van der Waals surface area (Å²) in [4.78, 5) is 18.5. The normalized spacial score (nSPS) is 16.9. The number of nitrogens with zero attached hydrogens (tertiary/aromatic N) is 2. The molecule has 4 nitrogen and oxygen atoms in total. The van der Waals surface area contributed by atoms with Gasteiger partial charge in [0, 0.05) is 23.8 Å². The number of aromatic nitrogens is 1. The summed E-state index contributed by atoms with van der Waals surface area (Å²) in [6.07, 6.45) is 6.86. The summed E-state index contributed by atoms with van der Waals surface area (Å²) < 4.78 is 0.738. The molecule has 1 saturated heterocycles. The van der Waals surface area contributed by atoms with E-state index in [1.807, 2.05) is 6.07 Å². The summed E-state index contributed by atoms with van der Waals surface area (Å²) in [5.41, 5.74) is 0.457. The Morgan fingerprint density at radius 1 is 1.32 bits per heavy atom. The second-order valence-electron chi connectivity index (χ2n) is 4.85. The van der Waals surface area contributed by atoms with Gasteiger partial charge in [-0.15, -0.1) is 0 Å². The Labute approximate surface area is 122 Å². The van der Waals surface area contributed by atoms with Crippen LogP contribution in [0.4, 0.5) is 0 Å². The van der Waals surface area contributed by atoms with Gasteiger partial charge < -0.3 is 10.2 Å². The van der Waals surface area contributed by atoms with Gasteiger partial charge in [-0.05, 0) is 54.0 Å². The zero-order chi connectivity index (χ0) is 13.5. The van der Waals surface area contributed by atoms with E-state index in [1.165, 1.54) is 25.7 Å². The van der Waals surface area contributed by atoms with Gasteiger partial charge in [-0.2, -0.15) is 0 Å². The van der Waals surface area contributed by atoms with Gasteiger partial charge in [0.2, 0.25) is 0 Å². The predicted molar refractivity (Wildman–Crippen MR) is 79.2 cm³/mol. The topological polar surface area (TPSA) is 45.2 Å². The van der Waals surface area contributed by atoms with Crippen LogP contribution in [0.2, 0.25) is 0 Å². The van der Waals surface area contributed by atoms with Crippen molar-refractivity contribution in [2.75, 3.05) is 26.2 Å². The standard InChI is InChI=1S/C14H20BrN3O/c15-12-6-5-7-16-13(12)14(19)17-8-11-18-9-3-1-2-4-10-18/h5-7H,1-4,8-11H2,(H,17,19). The molecule has 1 aromatic heterocycles. The van der Waals surface area contributed by atoms with E-state index < -0.39 is 0 Å². The Morgan fingerprint density at radius 3 is 2.74 bits per heavy atom. The average Bonchev–Trinajstić information content (AvgIpc) is 2.68. The van der Waals surface area contributed by atoms with Crippen molar-refractivity contribution in [1.29, 1.82) is 0 Å². The van der Waals surface area contributed by atoms with Crippen LogP contribution in [0.15, 0.2) is 22.8 Å². The summed E-state index contributed by atoms with van der Waals surface area (Å²) in [6, 6.07) is 3.63. The minimum absolute atomic E-state index is 0.109. The molecule has 5 heteroatoms. The SMILES string of the molecule is O=C(NCCN1CCCCCC1)c1ncccc1Br. The lowest BCUT2D eigenvalue weighted by atomic mass is 10.2. The fourth-order valence-electron chi connectivity index (χ4n) is 2.32. The first kappa shape index (κ1) is 14.5. The first-order valence-corrected chi connectivity index (χ1v) is 7.68. The van der Waals surface area contributed by atoms with Crippen LogP contribution in [0.5, 0.6) is 0 Å². The van der Waals surface area contributed by atoms with E-state index in [2.05, 4.69) is 31.1 Å². The smallest absolute Gasteiger partial charge is 0.271 e. The molecular weight excluding hydrogens is 306 g/mol. The van der Waals surface area contributed by atoms with Crippen LogP contribution >= 0.6 is 15.9 Å². The highest BCUT2D eigenvalue weighted by molar-refractivity contribution is 9.10. The molecule has 0 aromatic carbocycles. The number of carbonyl (C=O) groups is 1. The fourth-order valence-corrected chi connectivity index (χ4v) is 2.76. The molecule has 104 valence electrons. The van der Waals surface area contributed by atoms with Crippen molar-refractivity contribution < 1.29 is 4.79 Å². The molecule has 0 radical (unpaired) electrons. The van der Waals surface area contributed by atoms with Crippen molar-refractivity contribution >= 4 is 21.8 Å². The molecule has 19 heavy (non-hydrogen) atoms. The van der Waals surface area contributed by atoms with Crippen LogP contribution in [0.1, 0.15) is 36.2 Å². The largest absolute Gasteiger partial charge is 0.349 e. The average molecular weight is 326 g/mol. The number of halogens is 1. The summed E-state index contributed by atoms with van der Waals surface area (Å²) >= 11 is 3.34. The third-order valence-electron chi connectivity index (χ3n) is 3.39. The summed E-state index contributed by atoms with van der Waals surface area (Å²) in [5, 5.41) is 2.93. The third kappa shape index (κ3) is 4.58. The molecule has 0 saturated carbocycles. The predicted octanol–water partition coefficient (Wildman–Crippen LogP) is 2.45. The second kappa shape index (κ2) is 7.60. The fraction of sp³-hybridized carbons (Fsp3) is 0.571. The number of hydrogen-bond donors (Lipinski definition) is 1. The molecule has 0 bridgehead atoms. The number of hydrogen-bond acceptors (Lipinski definition) is 3. The number of pyridine rings is 1. The van der Waals surface area contributed by atoms with Gasteiger partial charge in [0.1, 0.15) is 5.69 Å². The van der Waals surface area contributed by atoms with E-state index in [4.69, 9.17) is 0 Å². The maximum atomic E-state index is 12.0. The van der Waals surface area contributed by atoms with E-state index >= 15 is 0 Å². The highest BCUT2D eigenvalue weighted by atomic mass is 79.9. The van der Waals surface area contributed by atoms with Crippen LogP contribution in [-0.4, -0.2) is 42.0 Å². The number of nitrogens with one attached hydrogen (secondary N) is 1. The number of likely N-dealkylation sites (tertiary alicyclic amines) is 1. The van der Waals surface area contributed by atoms with Crippen molar-refractivity contribution in [3.63, 3.8) is 0 Å². The quantitative estimate of drug-likeness (QED) is 0.924. The van der Waals surface area contributed by atoms with E-state index in [0.717, 1.165) is 24.1 Å². The molecule has 0 atom stereocenters. The van der Waals surface area contributed by atoms with Crippen LogP contribution in [0.3, 0.4) is 0 Å². The Balaban J connectivity index is 1.76. The van der Waals surface area contributed by atoms with Gasteiger partial charge >= 0.3 is 0 Å². The minimum Gasteiger partial charge on any atom is -0.349 e. The van der Waals surface area contributed by atoms with Crippen molar-refractivity contribution in [3.05, 3.63) is 28.5 Å². The van der Waals surface area contributed by atoms with Gasteiger partial charge in [0.15, 0.2) is 0 Å². The zero-order valence-electron chi connectivity index (χ0n) is 11.1. The van der Waals surface area contributed by atoms with Gasteiger partial charge in [0.25, 0.3) is 5.91 Å². The zero-order valence-corrected chi connectivity index (χ0v) is 12.7. The Kier molecular flexibility index (Phi) is 5.79. The van der Waals surface area contributed by atoms with Crippen molar-refractivity contribution in [2.45, 2.75) is 25.7 Å². The monoisotopic (exact) mass is 325 g/mol. The molecule has 1 aliphatic heterocycles. The Bertz CT molecular complexity index is 417. The Morgan fingerprint density at radius 2 is 2.05 bits per heavy atom. The van der Waals surface area contributed by atoms with Gasteiger partial charge in [0.05, 0.1) is 0 Å².